The number of nitrogens with zero attached hydrogens (tertiary/aromatic N) is 2. The lowest BCUT2D eigenvalue weighted by Gasteiger charge is -2.30. The minimum atomic E-state index is -0.244. The summed E-state index contributed by atoms with van der Waals surface area (Å²) >= 11 is 0. The van der Waals surface area contributed by atoms with Crippen LogP contribution in [0.15, 0.2) is 48.5 Å². The van der Waals surface area contributed by atoms with E-state index in [9.17, 15) is 14.7 Å². The van der Waals surface area contributed by atoms with Crippen LogP contribution in [0.5, 0.6) is 0 Å². The van der Waals surface area contributed by atoms with Gasteiger partial charge in [-0.1, -0.05) is 42.5 Å². The van der Waals surface area contributed by atoms with Crippen LogP contribution in [0.1, 0.15) is 27.0 Å². The van der Waals surface area contributed by atoms with Gasteiger partial charge in [0.15, 0.2) is 0 Å². The third-order valence-corrected chi connectivity index (χ3v) is 5.39. The average Bonchev–Trinajstić information content (AvgIpc) is 2.86. The highest BCUT2D eigenvalue weighted by molar-refractivity contribution is 6.00. The van der Waals surface area contributed by atoms with Gasteiger partial charge in [-0.25, -0.2) is 0 Å². The van der Waals surface area contributed by atoms with Crippen molar-refractivity contribution in [3.63, 3.8) is 0 Å². The molecule has 2 aliphatic heterocycles. The molecule has 5 nitrogen and oxygen atoms in total. The van der Waals surface area contributed by atoms with Crippen molar-refractivity contribution < 1.29 is 14.7 Å². The summed E-state index contributed by atoms with van der Waals surface area (Å²) in [7, 11) is 0. The van der Waals surface area contributed by atoms with Gasteiger partial charge in [-0.3, -0.25) is 9.59 Å². The normalized spacial score (nSPS) is 19.1. The minimum Gasteiger partial charge on any atom is -0.394 e. The Labute approximate surface area is 152 Å². The third-order valence-electron chi connectivity index (χ3n) is 5.39. The molecule has 1 N–H and O–H groups in total. The van der Waals surface area contributed by atoms with Crippen LogP contribution in [-0.4, -0.2) is 52.5 Å². The molecule has 2 amide bonds. The first-order valence-electron chi connectivity index (χ1n) is 9.01. The maximum absolute atomic E-state index is 12.9. The molecule has 0 aliphatic carbocycles. The highest BCUT2D eigenvalue weighted by Crippen LogP contribution is 2.24. The molecule has 5 heteroatoms. The van der Waals surface area contributed by atoms with Gasteiger partial charge in [-0.2, -0.15) is 0 Å². The number of rotatable bonds is 3. The molecule has 0 saturated carbocycles. The number of benzene rings is 2. The molecular weight excluding hydrogens is 328 g/mol. The highest BCUT2D eigenvalue weighted by Gasteiger charge is 2.32. The Hall–Kier alpha value is -2.66. The summed E-state index contributed by atoms with van der Waals surface area (Å²) in [6.07, 6.45) is 1.42. The molecule has 1 unspecified atom stereocenters. The molecule has 2 aromatic carbocycles. The molecule has 2 aliphatic rings. The molecule has 2 heterocycles. The SMILES string of the molecule is O=C1c2ccccc2CN1CC(=O)N1CCc2ccccc2CC1CO. The van der Waals surface area contributed by atoms with Gasteiger partial charge in [0.25, 0.3) is 5.91 Å². The fraction of sp³-hybridized carbons (Fsp3) is 0.333. The summed E-state index contributed by atoms with van der Waals surface area (Å²) < 4.78 is 0. The predicted octanol–water partition coefficient (Wildman–Crippen LogP) is 1.63. The van der Waals surface area contributed by atoms with E-state index >= 15 is 0 Å². The maximum Gasteiger partial charge on any atom is 0.254 e. The van der Waals surface area contributed by atoms with E-state index in [2.05, 4.69) is 12.1 Å². The number of aliphatic hydroxyl groups excluding tert-OH is 1. The number of aliphatic hydroxyl groups is 1. The molecule has 0 aromatic heterocycles. The molecule has 26 heavy (non-hydrogen) atoms. The van der Waals surface area contributed by atoms with Gasteiger partial charge < -0.3 is 14.9 Å². The van der Waals surface area contributed by atoms with Gasteiger partial charge in [0.2, 0.25) is 5.91 Å². The van der Waals surface area contributed by atoms with Crippen LogP contribution >= 0.6 is 0 Å². The van der Waals surface area contributed by atoms with Crippen molar-refractivity contribution in [1.82, 2.24) is 9.80 Å². The highest BCUT2D eigenvalue weighted by atomic mass is 16.3. The summed E-state index contributed by atoms with van der Waals surface area (Å²) in [5.41, 5.74) is 4.06. The van der Waals surface area contributed by atoms with Gasteiger partial charge in [-0.05, 0) is 35.6 Å². The second-order valence-electron chi connectivity index (χ2n) is 6.96. The molecule has 0 radical (unpaired) electrons. The average molecular weight is 350 g/mol. The Morgan fingerprint density at radius 3 is 2.46 bits per heavy atom. The van der Waals surface area contributed by atoms with Gasteiger partial charge in [0.05, 0.1) is 12.6 Å². The first-order valence-corrected chi connectivity index (χ1v) is 9.01. The number of carbonyl (C=O) groups is 2. The Kier molecular flexibility index (Phi) is 4.47. The van der Waals surface area contributed by atoms with Crippen LogP contribution in [0.4, 0.5) is 0 Å². The third kappa shape index (κ3) is 2.99. The van der Waals surface area contributed by atoms with Crippen molar-refractivity contribution in [2.45, 2.75) is 25.4 Å². The Balaban J connectivity index is 1.49. The zero-order chi connectivity index (χ0) is 18.1. The second-order valence-corrected chi connectivity index (χ2v) is 6.96. The smallest absolute Gasteiger partial charge is 0.254 e. The van der Waals surface area contributed by atoms with Gasteiger partial charge in [-0.15, -0.1) is 0 Å². The molecule has 1 atom stereocenters. The molecule has 0 fully saturated rings. The predicted molar refractivity (Wildman–Crippen MR) is 97.6 cm³/mol. The largest absolute Gasteiger partial charge is 0.394 e. The van der Waals surface area contributed by atoms with Crippen molar-refractivity contribution in [3.05, 3.63) is 70.8 Å². The van der Waals surface area contributed by atoms with E-state index in [1.165, 1.54) is 11.1 Å². The quantitative estimate of drug-likeness (QED) is 0.915. The minimum absolute atomic E-state index is 0.0559. The van der Waals surface area contributed by atoms with E-state index in [1.54, 1.807) is 15.9 Å². The van der Waals surface area contributed by atoms with E-state index in [0.717, 1.165) is 12.0 Å². The van der Waals surface area contributed by atoms with E-state index in [0.29, 0.717) is 25.1 Å². The number of amides is 2. The standard InChI is InChI=1S/C21H22N2O3/c24-14-18-11-16-6-2-1-5-15(16)9-10-23(18)20(25)13-22-12-17-7-3-4-8-19(17)21(22)26/h1-8,18,24H,9-14H2. The number of hydrogen-bond donors (Lipinski definition) is 1. The maximum atomic E-state index is 12.9. The molecule has 0 spiro atoms. The van der Waals surface area contributed by atoms with Gasteiger partial charge in [0.1, 0.15) is 6.54 Å². The molecule has 0 bridgehead atoms. The van der Waals surface area contributed by atoms with Crippen LogP contribution in [0.3, 0.4) is 0 Å². The van der Waals surface area contributed by atoms with Crippen molar-refractivity contribution >= 4 is 11.8 Å². The first-order chi connectivity index (χ1) is 12.7. The molecule has 2 aromatic rings. The Morgan fingerprint density at radius 2 is 1.73 bits per heavy atom. The second kappa shape index (κ2) is 6.92. The summed E-state index contributed by atoms with van der Waals surface area (Å²) in [4.78, 5) is 28.8. The topological polar surface area (TPSA) is 60.9 Å². The van der Waals surface area contributed by atoms with E-state index in [-0.39, 0.29) is 31.0 Å². The van der Waals surface area contributed by atoms with E-state index < -0.39 is 0 Å². The number of fused-ring (bicyclic) bond motifs is 2. The summed E-state index contributed by atoms with van der Waals surface area (Å²) in [5, 5.41) is 9.84. The first kappa shape index (κ1) is 16.8. The lowest BCUT2D eigenvalue weighted by molar-refractivity contribution is -0.135. The zero-order valence-corrected chi connectivity index (χ0v) is 14.6. The van der Waals surface area contributed by atoms with Gasteiger partial charge >= 0.3 is 0 Å². The lowest BCUT2D eigenvalue weighted by Crippen LogP contribution is -2.48. The summed E-state index contributed by atoms with van der Waals surface area (Å²) in [6.45, 7) is 1.02. The van der Waals surface area contributed by atoms with Crippen molar-refractivity contribution in [2.24, 2.45) is 0 Å². The molecule has 4 rings (SSSR count). The Bertz CT molecular complexity index is 849. The van der Waals surface area contributed by atoms with Crippen molar-refractivity contribution in [1.29, 1.82) is 0 Å². The zero-order valence-electron chi connectivity index (χ0n) is 14.6. The molecular formula is C21H22N2O3. The fourth-order valence-corrected chi connectivity index (χ4v) is 3.98. The van der Waals surface area contributed by atoms with E-state index in [1.807, 2.05) is 30.3 Å². The summed E-state index contributed by atoms with van der Waals surface area (Å²) in [5.74, 6) is -0.189. The van der Waals surface area contributed by atoms with Crippen LogP contribution in [0.2, 0.25) is 0 Å². The number of carbonyl (C=O) groups excluding carboxylic acids is 2. The van der Waals surface area contributed by atoms with Crippen LogP contribution < -0.4 is 0 Å². The van der Waals surface area contributed by atoms with Crippen LogP contribution in [0.25, 0.3) is 0 Å². The van der Waals surface area contributed by atoms with E-state index in [4.69, 9.17) is 0 Å². The molecule has 134 valence electrons. The lowest BCUT2D eigenvalue weighted by atomic mass is 10.0. The fourth-order valence-electron chi connectivity index (χ4n) is 3.98. The van der Waals surface area contributed by atoms with Crippen LogP contribution in [-0.2, 0) is 24.2 Å². The summed E-state index contributed by atoms with van der Waals surface area (Å²) in [6, 6.07) is 15.4. The Morgan fingerprint density at radius 1 is 1.04 bits per heavy atom. The number of hydrogen-bond acceptors (Lipinski definition) is 3. The van der Waals surface area contributed by atoms with Crippen LogP contribution in [0, 0.1) is 0 Å². The molecule has 0 saturated heterocycles. The monoisotopic (exact) mass is 350 g/mol. The van der Waals surface area contributed by atoms with Gasteiger partial charge in [0, 0.05) is 18.7 Å². The van der Waals surface area contributed by atoms with Crippen molar-refractivity contribution in [2.75, 3.05) is 19.7 Å². The van der Waals surface area contributed by atoms with Crippen molar-refractivity contribution in [3.8, 4) is 0 Å².